The fourth-order valence-electron chi connectivity index (χ4n) is 1.55. The fourth-order valence-corrected chi connectivity index (χ4v) is 1.55. The average molecular weight is 237 g/mol. The molecule has 0 aliphatic carbocycles. The summed E-state index contributed by atoms with van der Waals surface area (Å²) in [6.07, 6.45) is 0.487. The van der Waals surface area contributed by atoms with Crippen molar-refractivity contribution in [2.45, 2.75) is 27.2 Å². The first kappa shape index (κ1) is 13.2. The van der Waals surface area contributed by atoms with Crippen molar-refractivity contribution >= 4 is 11.8 Å². The van der Waals surface area contributed by atoms with Gasteiger partial charge in [-0.25, -0.2) is 9.97 Å². The van der Waals surface area contributed by atoms with Gasteiger partial charge in [-0.1, -0.05) is 5.16 Å². The summed E-state index contributed by atoms with van der Waals surface area (Å²) < 4.78 is 0. The van der Waals surface area contributed by atoms with E-state index in [9.17, 15) is 0 Å². The zero-order valence-electron chi connectivity index (χ0n) is 10.5. The van der Waals surface area contributed by atoms with Crippen LogP contribution in [0.2, 0.25) is 0 Å². The molecule has 0 unspecified atom stereocenters. The standard InChI is InChI=1S/C11H19N5O/c1-4-16(6-5-10(12)15-17)11-13-8(2)7-9(3)14-11/h7,17H,4-6H2,1-3H3,(H2,12,15). The lowest BCUT2D eigenvalue weighted by Crippen LogP contribution is -2.29. The third-order valence-electron chi connectivity index (χ3n) is 2.40. The minimum absolute atomic E-state index is 0.216. The normalized spacial score (nSPS) is 11.6. The van der Waals surface area contributed by atoms with E-state index in [0.29, 0.717) is 18.9 Å². The number of amidine groups is 1. The lowest BCUT2D eigenvalue weighted by molar-refractivity contribution is 0.317. The second-order valence-electron chi connectivity index (χ2n) is 3.87. The molecular formula is C11H19N5O. The molecule has 94 valence electrons. The number of rotatable bonds is 5. The molecular weight excluding hydrogens is 218 g/mol. The van der Waals surface area contributed by atoms with Gasteiger partial charge in [0.2, 0.25) is 5.95 Å². The topological polar surface area (TPSA) is 87.6 Å². The number of hydrogen-bond donors (Lipinski definition) is 2. The predicted octanol–water partition coefficient (Wildman–Crippen LogP) is 1.06. The summed E-state index contributed by atoms with van der Waals surface area (Å²) in [5.74, 6) is 0.906. The van der Waals surface area contributed by atoms with Crippen molar-refractivity contribution in [3.05, 3.63) is 17.5 Å². The molecule has 0 fully saturated rings. The van der Waals surface area contributed by atoms with Gasteiger partial charge in [0, 0.05) is 30.9 Å². The summed E-state index contributed by atoms with van der Waals surface area (Å²) >= 11 is 0. The number of aromatic nitrogens is 2. The Morgan fingerprint density at radius 2 is 2.00 bits per heavy atom. The van der Waals surface area contributed by atoms with E-state index >= 15 is 0 Å². The molecule has 0 saturated heterocycles. The lowest BCUT2D eigenvalue weighted by Gasteiger charge is -2.20. The van der Waals surface area contributed by atoms with E-state index in [1.807, 2.05) is 31.7 Å². The summed E-state index contributed by atoms with van der Waals surface area (Å²) in [6, 6.07) is 1.93. The zero-order chi connectivity index (χ0) is 12.8. The van der Waals surface area contributed by atoms with Gasteiger partial charge in [0.15, 0.2) is 0 Å². The van der Waals surface area contributed by atoms with Gasteiger partial charge in [-0.3, -0.25) is 0 Å². The number of hydrogen-bond acceptors (Lipinski definition) is 5. The largest absolute Gasteiger partial charge is 0.409 e. The Morgan fingerprint density at radius 3 is 2.47 bits per heavy atom. The number of nitrogens with two attached hydrogens (primary N) is 1. The Hall–Kier alpha value is -1.85. The smallest absolute Gasteiger partial charge is 0.225 e. The van der Waals surface area contributed by atoms with Crippen LogP contribution in [0, 0.1) is 13.8 Å². The van der Waals surface area contributed by atoms with Gasteiger partial charge in [0.25, 0.3) is 0 Å². The first-order valence-electron chi connectivity index (χ1n) is 5.60. The summed E-state index contributed by atoms with van der Waals surface area (Å²) in [4.78, 5) is 10.8. The Morgan fingerprint density at radius 1 is 1.41 bits per heavy atom. The van der Waals surface area contributed by atoms with Crippen LogP contribution in [0.25, 0.3) is 0 Å². The molecule has 0 saturated carbocycles. The SMILES string of the molecule is CCN(CC/C(N)=N/O)c1nc(C)cc(C)n1. The number of nitrogens with zero attached hydrogens (tertiary/aromatic N) is 4. The van der Waals surface area contributed by atoms with E-state index in [1.165, 1.54) is 0 Å². The van der Waals surface area contributed by atoms with Crippen molar-refractivity contribution in [1.29, 1.82) is 0 Å². The van der Waals surface area contributed by atoms with Crippen LogP contribution >= 0.6 is 0 Å². The van der Waals surface area contributed by atoms with Gasteiger partial charge in [0.05, 0.1) is 0 Å². The highest BCUT2D eigenvalue weighted by Crippen LogP contribution is 2.10. The van der Waals surface area contributed by atoms with Crippen LogP contribution in [0.4, 0.5) is 5.95 Å². The Bertz CT molecular complexity index is 385. The van der Waals surface area contributed by atoms with Crippen molar-refractivity contribution in [1.82, 2.24) is 9.97 Å². The highest BCUT2D eigenvalue weighted by Gasteiger charge is 2.09. The van der Waals surface area contributed by atoms with Gasteiger partial charge >= 0.3 is 0 Å². The van der Waals surface area contributed by atoms with Crippen molar-refractivity contribution in [2.24, 2.45) is 10.9 Å². The molecule has 0 aliphatic rings. The highest BCUT2D eigenvalue weighted by atomic mass is 16.4. The van der Waals surface area contributed by atoms with Crippen LogP contribution in [0.3, 0.4) is 0 Å². The van der Waals surface area contributed by atoms with Gasteiger partial charge in [-0.15, -0.1) is 0 Å². The molecule has 1 heterocycles. The number of oxime groups is 1. The second-order valence-corrected chi connectivity index (χ2v) is 3.87. The number of aryl methyl sites for hydroxylation is 2. The van der Waals surface area contributed by atoms with Gasteiger partial charge in [-0.2, -0.15) is 0 Å². The molecule has 0 spiro atoms. The summed E-state index contributed by atoms with van der Waals surface area (Å²) in [7, 11) is 0. The molecule has 1 aromatic heterocycles. The Kier molecular flexibility index (Phi) is 4.68. The average Bonchev–Trinajstić information content (AvgIpc) is 2.28. The molecule has 0 radical (unpaired) electrons. The number of anilines is 1. The molecule has 1 rings (SSSR count). The van der Waals surface area contributed by atoms with Crippen LogP contribution in [0.5, 0.6) is 0 Å². The third kappa shape index (κ3) is 3.90. The van der Waals surface area contributed by atoms with E-state index in [4.69, 9.17) is 10.9 Å². The minimum atomic E-state index is 0.216. The van der Waals surface area contributed by atoms with E-state index in [2.05, 4.69) is 15.1 Å². The van der Waals surface area contributed by atoms with Crippen molar-refractivity contribution in [2.75, 3.05) is 18.0 Å². The molecule has 3 N–H and O–H groups in total. The maximum Gasteiger partial charge on any atom is 0.225 e. The van der Waals surface area contributed by atoms with Crippen molar-refractivity contribution in [3.63, 3.8) is 0 Å². The minimum Gasteiger partial charge on any atom is -0.409 e. The maximum absolute atomic E-state index is 8.49. The Balaban J connectivity index is 2.79. The predicted molar refractivity (Wildman–Crippen MR) is 67.4 cm³/mol. The summed E-state index contributed by atoms with van der Waals surface area (Å²) in [5, 5.41) is 11.4. The van der Waals surface area contributed by atoms with Crippen LogP contribution in [0.1, 0.15) is 24.7 Å². The van der Waals surface area contributed by atoms with E-state index in [-0.39, 0.29) is 5.84 Å². The van der Waals surface area contributed by atoms with Crippen LogP contribution < -0.4 is 10.6 Å². The van der Waals surface area contributed by atoms with E-state index < -0.39 is 0 Å². The van der Waals surface area contributed by atoms with Gasteiger partial charge in [-0.05, 0) is 26.8 Å². The maximum atomic E-state index is 8.49. The summed E-state index contributed by atoms with van der Waals surface area (Å²) in [6.45, 7) is 7.31. The summed E-state index contributed by atoms with van der Waals surface area (Å²) in [5.41, 5.74) is 7.33. The van der Waals surface area contributed by atoms with Crippen molar-refractivity contribution < 1.29 is 5.21 Å². The molecule has 0 bridgehead atoms. The lowest BCUT2D eigenvalue weighted by atomic mass is 10.3. The third-order valence-corrected chi connectivity index (χ3v) is 2.40. The monoisotopic (exact) mass is 237 g/mol. The molecule has 1 aromatic rings. The molecule has 0 atom stereocenters. The molecule has 0 aromatic carbocycles. The molecule has 0 aliphatic heterocycles. The molecule has 6 nitrogen and oxygen atoms in total. The Labute approximate surface area is 101 Å². The van der Waals surface area contributed by atoms with Gasteiger partial charge < -0.3 is 15.8 Å². The quantitative estimate of drug-likeness (QED) is 0.346. The zero-order valence-corrected chi connectivity index (χ0v) is 10.5. The molecule has 6 heteroatoms. The molecule has 17 heavy (non-hydrogen) atoms. The van der Waals surface area contributed by atoms with Crippen molar-refractivity contribution in [3.8, 4) is 0 Å². The first-order chi connectivity index (χ1) is 8.06. The highest BCUT2D eigenvalue weighted by molar-refractivity contribution is 5.80. The first-order valence-corrected chi connectivity index (χ1v) is 5.60. The van der Waals surface area contributed by atoms with E-state index in [1.54, 1.807) is 0 Å². The molecule has 0 amide bonds. The van der Waals surface area contributed by atoms with E-state index in [0.717, 1.165) is 17.9 Å². The van der Waals surface area contributed by atoms with Crippen LogP contribution in [-0.2, 0) is 0 Å². The van der Waals surface area contributed by atoms with Gasteiger partial charge in [0.1, 0.15) is 5.84 Å². The van der Waals surface area contributed by atoms with Crippen LogP contribution in [0.15, 0.2) is 11.2 Å². The van der Waals surface area contributed by atoms with Crippen LogP contribution in [-0.4, -0.2) is 34.1 Å². The fraction of sp³-hybridized carbons (Fsp3) is 0.545. The second kappa shape index (κ2) is 6.03.